The van der Waals surface area contributed by atoms with Gasteiger partial charge in [-0.25, -0.2) is 4.98 Å². The molecule has 2 unspecified atom stereocenters. The summed E-state index contributed by atoms with van der Waals surface area (Å²) >= 11 is 0. The Morgan fingerprint density at radius 3 is 2.74 bits per heavy atom. The van der Waals surface area contributed by atoms with Crippen LogP contribution in [0.25, 0.3) is 0 Å². The second kappa shape index (κ2) is 9.30. The Morgan fingerprint density at radius 2 is 2.13 bits per heavy atom. The number of pyridine rings is 1. The maximum atomic E-state index is 12.4. The molecule has 0 aliphatic heterocycles. The number of nitrogens with one attached hydrogen (secondary N) is 1. The molecule has 1 heterocycles. The van der Waals surface area contributed by atoms with Crippen LogP contribution >= 0.6 is 24.8 Å². The van der Waals surface area contributed by atoms with E-state index >= 15 is 0 Å². The summed E-state index contributed by atoms with van der Waals surface area (Å²) in [6.45, 7) is 2.48. The third-order valence-electron chi connectivity index (χ3n) is 4.31. The summed E-state index contributed by atoms with van der Waals surface area (Å²) in [6.07, 6.45) is 5.76. The van der Waals surface area contributed by atoms with E-state index in [-0.39, 0.29) is 42.2 Å². The molecule has 1 aliphatic carbocycles. The van der Waals surface area contributed by atoms with Crippen LogP contribution in [0.15, 0.2) is 18.3 Å². The van der Waals surface area contributed by atoms with Gasteiger partial charge in [0, 0.05) is 37.9 Å². The van der Waals surface area contributed by atoms with E-state index in [9.17, 15) is 4.79 Å². The molecule has 1 aliphatic rings. The molecule has 1 fully saturated rings. The van der Waals surface area contributed by atoms with Crippen molar-refractivity contribution in [2.45, 2.75) is 44.7 Å². The van der Waals surface area contributed by atoms with E-state index in [1.165, 1.54) is 0 Å². The molecule has 23 heavy (non-hydrogen) atoms. The highest BCUT2D eigenvalue weighted by Crippen LogP contribution is 2.31. The maximum Gasteiger partial charge on any atom is 0.225 e. The number of nitrogens with two attached hydrogens (primary N) is 1. The second-order valence-electron chi connectivity index (χ2n) is 6.40. The van der Waals surface area contributed by atoms with Crippen LogP contribution in [0.2, 0.25) is 0 Å². The zero-order valence-electron chi connectivity index (χ0n) is 14.0. The van der Waals surface area contributed by atoms with Crippen molar-refractivity contribution in [3.63, 3.8) is 0 Å². The van der Waals surface area contributed by atoms with E-state index in [2.05, 4.69) is 10.3 Å². The van der Waals surface area contributed by atoms with Crippen LogP contribution in [0.4, 0.5) is 5.82 Å². The summed E-state index contributed by atoms with van der Waals surface area (Å²) in [7, 11) is 3.90. The summed E-state index contributed by atoms with van der Waals surface area (Å²) in [4.78, 5) is 18.7. The van der Waals surface area contributed by atoms with Gasteiger partial charge in [0.05, 0.1) is 5.92 Å². The molecule has 2 atom stereocenters. The fourth-order valence-electron chi connectivity index (χ4n) is 3.07. The number of hydrogen-bond acceptors (Lipinski definition) is 4. The number of carbonyl (C=O) groups excluding carboxylic acids is 1. The number of hydrogen-bond donors (Lipinski definition) is 2. The SMILES string of the molecule is CN(C)c1ncccc1CNC(=O)C1CCCCC1(C)N.Cl.Cl. The predicted octanol–water partition coefficient (Wildman–Crippen LogP) is 2.52. The molecular formula is C16H28Cl2N4O. The van der Waals surface area contributed by atoms with Crippen LogP contribution in [0.3, 0.4) is 0 Å². The van der Waals surface area contributed by atoms with Gasteiger partial charge >= 0.3 is 0 Å². The van der Waals surface area contributed by atoms with Gasteiger partial charge in [0.1, 0.15) is 5.82 Å². The minimum atomic E-state index is -0.387. The quantitative estimate of drug-likeness (QED) is 0.862. The number of halogens is 2. The number of nitrogens with zero attached hydrogens (tertiary/aromatic N) is 2. The van der Waals surface area contributed by atoms with Crippen molar-refractivity contribution >= 4 is 36.5 Å². The lowest BCUT2D eigenvalue weighted by Gasteiger charge is -2.37. The van der Waals surface area contributed by atoms with Crippen LogP contribution in [-0.2, 0) is 11.3 Å². The van der Waals surface area contributed by atoms with Gasteiger partial charge in [0.15, 0.2) is 0 Å². The van der Waals surface area contributed by atoms with E-state index in [1.807, 2.05) is 38.1 Å². The Morgan fingerprint density at radius 1 is 1.43 bits per heavy atom. The van der Waals surface area contributed by atoms with Crippen molar-refractivity contribution in [1.82, 2.24) is 10.3 Å². The lowest BCUT2D eigenvalue weighted by Crippen LogP contribution is -2.52. The minimum Gasteiger partial charge on any atom is -0.362 e. The zero-order valence-corrected chi connectivity index (χ0v) is 15.7. The molecule has 0 aromatic carbocycles. The molecule has 1 saturated carbocycles. The Labute approximate surface area is 151 Å². The first-order valence-corrected chi connectivity index (χ1v) is 7.59. The first-order valence-electron chi connectivity index (χ1n) is 7.59. The van der Waals surface area contributed by atoms with E-state index in [0.717, 1.165) is 37.1 Å². The van der Waals surface area contributed by atoms with Gasteiger partial charge in [0.2, 0.25) is 5.91 Å². The molecule has 1 amide bonds. The van der Waals surface area contributed by atoms with Crippen molar-refractivity contribution in [2.24, 2.45) is 11.7 Å². The van der Waals surface area contributed by atoms with E-state index < -0.39 is 0 Å². The molecular weight excluding hydrogens is 335 g/mol. The van der Waals surface area contributed by atoms with Crippen LogP contribution in [0, 0.1) is 5.92 Å². The molecule has 1 aromatic heterocycles. The molecule has 7 heteroatoms. The average molecular weight is 363 g/mol. The average Bonchev–Trinajstić information content (AvgIpc) is 2.44. The summed E-state index contributed by atoms with van der Waals surface area (Å²) in [5.74, 6) is 0.857. The van der Waals surface area contributed by atoms with Crippen LogP contribution in [0.1, 0.15) is 38.2 Å². The molecule has 5 nitrogen and oxygen atoms in total. The van der Waals surface area contributed by atoms with Crippen LogP contribution < -0.4 is 16.0 Å². The number of anilines is 1. The monoisotopic (exact) mass is 362 g/mol. The molecule has 1 aromatic rings. The summed E-state index contributed by atoms with van der Waals surface area (Å²) in [6, 6.07) is 3.88. The van der Waals surface area contributed by atoms with Crippen molar-refractivity contribution in [3.8, 4) is 0 Å². The summed E-state index contributed by atoms with van der Waals surface area (Å²) < 4.78 is 0. The molecule has 0 spiro atoms. The highest BCUT2D eigenvalue weighted by molar-refractivity contribution is 5.85. The van der Waals surface area contributed by atoms with Gasteiger partial charge in [-0.2, -0.15) is 0 Å². The van der Waals surface area contributed by atoms with E-state index in [4.69, 9.17) is 5.73 Å². The molecule has 0 bridgehead atoms. The van der Waals surface area contributed by atoms with Gasteiger partial charge in [-0.1, -0.05) is 18.9 Å². The number of amides is 1. The Kier molecular flexibility index (Phi) is 8.88. The lowest BCUT2D eigenvalue weighted by atomic mass is 9.74. The number of rotatable bonds is 4. The first-order chi connectivity index (χ1) is 9.92. The Bertz CT molecular complexity index is 509. The van der Waals surface area contributed by atoms with Gasteiger partial charge in [-0.05, 0) is 25.8 Å². The standard InChI is InChI=1S/C16H26N4O.2ClH/c1-16(17)9-5-4-8-13(16)15(21)19-11-12-7-6-10-18-14(12)20(2)3;;/h6-7,10,13H,4-5,8-9,11,17H2,1-3H3,(H,19,21);2*1H. The minimum absolute atomic E-state index is 0. The predicted molar refractivity (Wildman–Crippen MR) is 99.5 cm³/mol. The third-order valence-corrected chi connectivity index (χ3v) is 4.31. The second-order valence-corrected chi connectivity index (χ2v) is 6.40. The van der Waals surface area contributed by atoms with Crippen LogP contribution in [-0.4, -0.2) is 30.5 Å². The number of aromatic nitrogens is 1. The zero-order chi connectivity index (χ0) is 15.5. The first kappa shape index (κ1) is 22.0. The van der Waals surface area contributed by atoms with Gasteiger partial charge < -0.3 is 16.0 Å². The van der Waals surface area contributed by atoms with Crippen molar-refractivity contribution in [3.05, 3.63) is 23.9 Å². The Hall–Kier alpha value is -1.04. The molecule has 0 saturated heterocycles. The summed E-state index contributed by atoms with van der Waals surface area (Å²) in [5, 5.41) is 3.03. The van der Waals surface area contributed by atoms with Crippen molar-refractivity contribution in [2.75, 3.05) is 19.0 Å². The van der Waals surface area contributed by atoms with Crippen molar-refractivity contribution < 1.29 is 4.79 Å². The fraction of sp³-hybridized carbons (Fsp3) is 0.625. The number of carbonyl (C=O) groups is 1. The van der Waals surface area contributed by atoms with Gasteiger partial charge in [0.25, 0.3) is 0 Å². The van der Waals surface area contributed by atoms with Gasteiger partial charge in [-0.3, -0.25) is 4.79 Å². The molecule has 2 rings (SSSR count). The summed E-state index contributed by atoms with van der Waals surface area (Å²) in [5.41, 5.74) is 6.92. The molecule has 132 valence electrons. The smallest absolute Gasteiger partial charge is 0.225 e. The van der Waals surface area contributed by atoms with Gasteiger partial charge in [-0.15, -0.1) is 24.8 Å². The van der Waals surface area contributed by atoms with Crippen LogP contribution in [0.5, 0.6) is 0 Å². The molecule has 3 N–H and O–H groups in total. The highest BCUT2D eigenvalue weighted by atomic mass is 35.5. The van der Waals surface area contributed by atoms with E-state index in [1.54, 1.807) is 6.20 Å². The highest BCUT2D eigenvalue weighted by Gasteiger charge is 2.37. The normalized spacial score (nSPS) is 23.2. The third kappa shape index (κ3) is 5.52. The Balaban J connectivity index is 0.00000242. The lowest BCUT2D eigenvalue weighted by molar-refractivity contribution is -0.128. The van der Waals surface area contributed by atoms with Crippen molar-refractivity contribution in [1.29, 1.82) is 0 Å². The largest absolute Gasteiger partial charge is 0.362 e. The van der Waals surface area contributed by atoms with E-state index in [0.29, 0.717) is 6.54 Å². The maximum absolute atomic E-state index is 12.4. The molecule has 0 radical (unpaired) electrons. The fourth-order valence-corrected chi connectivity index (χ4v) is 3.07. The topological polar surface area (TPSA) is 71.2 Å².